The lowest BCUT2D eigenvalue weighted by Gasteiger charge is -2.27. The van der Waals surface area contributed by atoms with E-state index in [2.05, 4.69) is 37.7 Å². The summed E-state index contributed by atoms with van der Waals surface area (Å²) < 4.78 is 0. The first-order chi connectivity index (χ1) is 10.3. The zero-order valence-corrected chi connectivity index (χ0v) is 12.8. The third-order valence-corrected chi connectivity index (χ3v) is 4.25. The van der Waals surface area contributed by atoms with Gasteiger partial charge in [0.2, 0.25) is 5.95 Å². The van der Waals surface area contributed by atoms with Gasteiger partial charge in [0.25, 0.3) is 0 Å². The van der Waals surface area contributed by atoms with Gasteiger partial charge in [-0.05, 0) is 31.6 Å². The second-order valence-electron chi connectivity index (χ2n) is 6.08. The summed E-state index contributed by atoms with van der Waals surface area (Å²) in [4.78, 5) is 8.99. The maximum Gasteiger partial charge on any atom is 0.226 e. The van der Waals surface area contributed by atoms with E-state index in [1.165, 1.54) is 25.7 Å². The topological polar surface area (TPSA) is 78.5 Å². The van der Waals surface area contributed by atoms with Crippen molar-refractivity contribution in [3.8, 4) is 0 Å². The van der Waals surface area contributed by atoms with Gasteiger partial charge in [0.05, 0.1) is 11.6 Å². The molecule has 0 aliphatic heterocycles. The molecular formula is C15H24N6. The summed E-state index contributed by atoms with van der Waals surface area (Å²) >= 11 is 0. The van der Waals surface area contributed by atoms with Crippen molar-refractivity contribution in [2.45, 2.75) is 39.5 Å². The van der Waals surface area contributed by atoms with E-state index < -0.39 is 0 Å². The Labute approximate surface area is 125 Å². The Morgan fingerprint density at radius 3 is 3.00 bits per heavy atom. The smallest absolute Gasteiger partial charge is 0.226 e. The Kier molecular flexibility index (Phi) is 4.22. The van der Waals surface area contributed by atoms with Crippen LogP contribution in [0.2, 0.25) is 0 Å². The Morgan fingerprint density at radius 2 is 2.19 bits per heavy atom. The van der Waals surface area contributed by atoms with Crippen molar-refractivity contribution in [3.63, 3.8) is 0 Å². The molecule has 2 unspecified atom stereocenters. The summed E-state index contributed by atoms with van der Waals surface area (Å²) in [6, 6.07) is 0. The molecule has 114 valence electrons. The van der Waals surface area contributed by atoms with Crippen LogP contribution in [0.1, 0.15) is 39.5 Å². The highest BCUT2D eigenvalue weighted by Crippen LogP contribution is 2.29. The number of anilines is 2. The average molecular weight is 288 g/mol. The van der Waals surface area contributed by atoms with Crippen LogP contribution in [-0.4, -0.2) is 33.3 Å². The molecule has 6 heteroatoms. The summed E-state index contributed by atoms with van der Waals surface area (Å²) in [6.07, 6.45) is 7.14. The summed E-state index contributed by atoms with van der Waals surface area (Å²) in [5, 5.41) is 14.6. The summed E-state index contributed by atoms with van der Waals surface area (Å²) in [5.74, 6) is 3.12. The van der Waals surface area contributed by atoms with Gasteiger partial charge in [-0.15, -0.1) is 0 Å². The Morgan fingerprint density at radius 1 is 1.29 bits per heavy atom. The molecule has 0 bridgehead atoms. The number of aromatic nitrogens is 4. The SMILES string of the molecule is CCNc1nc(NCC2CCCC(C)C2)c2cn[nH]c2n1. The minimum absolute atomic E-state index is 0.647. The molecule has 6 nitrogen and oxygen atoms in total. The van der Waals surface area contributed by atoms with E-state index in [1.54, 1.807) is 6.20 Å². The van der Waals surface area contributed by atoms with E-state index in [0.29, 0.717) is 5.95 Å². The van der Waals surface area contributed by atoms with E-state index in [9.17, 15) is 0 Å². The fraction of sp³-hybridized carbons (Fsp3) is 0.667. The van der Waals surface area contributed by atoms with Crippen LogP contribution in [0.3, 0.4) is 0 Å². The van der Waals surface area contributed by atoms with Gasteiger partial charge in [0.1, 0.15) is 5.82 Å². The number of hydrogen-bond donors (Lipinski definition) is 3. The van der Waals surface area contributed by atoms with Crippen molar-refractivity contribution >= 4 is 22.8 Å². The molecule has 1 aliphatic carbocycles. The van der Waals surface area contributed by atoms with Crippen molar-refractivity contribution in [3.05, 3.63) is 6.20 Å². The van der Waals surface area contributed by atoms with Crippen LogP contribution in [0.4, 0.5) is 11.8 Å². The first-order valence-electron chi connectivity index (χ1n) is 7.95. The third kappa shape index (κ3) is 3.25. The molecule has 3 N–H and O–H groups in total. The molecule has 0 spiro atoms. The maximum atomic E-state index is 4.57. The van der Waals surface area contributed by atoms with Crippen molar-refractivity contribution in [2.24, 2.45) is 11.8 Å². The van der Waals surface area contributed by atoms with Gasteiger partial charge < -0.3 is 10.6 Å². The quantitative estimate of drug-likeness (QED) is 0.788. The van der Waals surface area contributed by atoms with Crippen LogP contribution in [0, 0.1) is 11.8 Å². The molecule has 1 fully saturated rings. The van der Waals surface area contributed by atoms with Crippen molar-refractivity contribution in [1.82, 2.24) is 20.2 Å². The van der Waals surface area contributed by atoms with Crippen LogP contribution in [-0.2, 0) is 0 Å². The molecule has 1 aliphatic rings. The molecule has 3 rings (SSSR count). The zero-order chi connectivity index (χ0) is 14.7. The van der Waals surface area contributed by atoms with Crippen LogP contribution < -0.4 is 10.6 Å². The maximum absolute atomic E-state index is 4.57. The number of hydrogen-bond acceptors (Lipinski definition) is 5. The van der Waals surface area contributed by atoms with Crippen LogP contribution in [0.15, 0.2) is 6.20 Å². The zero-order valence-electron chi connectivity index (χ0n) is 12.8. The molecule has 1 saturated carbocycles. The molecular weight excluding hydrogens is 264 g/mol. The lowest BCUT2D eigenvalue weighted by Crippen LogP contribution is -2.21. The molecule has 2 atom stereocenters. The minimum atomic E-state index is 0.647. The van der Waals surface area contributed by atoms with Gasteiger partial charge >= 0.3 is 0 Å². The molecule has 0 radical (unpaired) electrons. The molecule has 0 aromatic carbocycles. The predicted octanol–water partition coefficient (Wildman–Crippen LogP) is 3.02. The molecule has 2 aromatic rings. The molecule has 0 amide bonds. The molecule has 2 heterocycles. The fourth-order valence-electron chi connectivity index (χ4n) is 3.19. The molecule has 0 saturated heterocycles. The molecule has 21 heavy (non-hydrogen) atoms. The van der Waals surface area contributed by atoms with Gasteiger partial charge in [0.15, 0.2) is 5.65 Å². The largest absolute Gasteiger partial charge is 0.369 e. The number of nitrogens with zero attached hydrogens (tertiary/aromatic N) is 3. The van der Waals surface area contributed by atoms with Crippen molar-refractivity contribution in [2.75, 3.05) is 23.7 Å². The fourth-order valence-corrected chi connectivity index (χ4v) is 3.19. The van der Waals surface area contributed by atoms with E-state index >= 15 is 0 Å². The summed E-state index contributed by atoms with van der Waals surface area (Å²) in [7, 11) is 0. The normalized spacial score (nSPS) is 22.4. The summed E-state index contributed by atoms with van der Waals surface area (Å²) in [6.45, 7) is 6.18. The van der Waals surface area contributed by atoms with Gasteiger partial charge in [-0.1, -0.05) is 19.8 Å². The van der Waals surface area contributed by atoms with Crippen LogP contribution in [0.5, 0.6) is 0 Å². The first-order valence-corrected chi connectivity index (χ1v) is 7.95. The number of nitrogens with one attached hydrogen (secondary N) is 3. The highest BCUT2D eigenvalue weighted by Gasteiger charge is 2.19. The number of fused-ring (bicyclic) bond motifs is 1. The van der Waals surface area contributed by atoms with Crippen LogP contribution in [0.25, 0.3) is 11.0 Å². The lowest BCUT2D eigenvalue weighted by atomic mass is 9.82. The number of H-pyrrole nitrogens is 1. The molecule has 2 aromatic heterocycles. The monoisotopic (exact) mass is 288 g/mol. The first kappa shape index (κ1) is 14.1. The average Bonchev–Trinajstić information content (AvgIpc) is 2.93. The Hall–Kier alpha value is -1.85. The minimum Gasteiger partial charge on any atom is -0.369 e. The lowest BCUT2D eigenvalue weighted by molar-refractivity contribution is 0.293. The Balaban J connectivity index is 1.74. The van der Waals surface area contributed by atoms with Crippen molar-refractivity contribution < 1.29 is 0 Å². The second kappa shape index (κ2) is 6.28. The Bertz CT molecular complexity index is 593. The van der Waals surface area contributed by atoms with E-state index in [1.807, 2.05) is 6.92 Å². The van der Waals surface area contributed by atoms with E-state index in [-0.39, 0.29) is 0 Å². The van der Waals surface area contributed by atoms with Crippen LogP contribution >= 0.6 is 0 Å². The van der Waals surface area contributed by atoms with Gasteiger partial charge in [-0.2, -0.15) is 15.1 Å². The van der Waals surface area contributed by atoms with Gasteiger partial charge in [-0.3, -0.25) is 5.10 Å². The van der Waals surface area contributed by atoms with E-state index in [0.717, 1.165) is 41.8 Å². The third-order valence-electron chi connectivity index (χ3n) is 4.25. The van der Waals surface area contributed by atoms with Gasteiger partial charge in [-0.25, -0.2) is 0 Å². The summed E-state index contributed by atoms with van der Waals surface area (Å²) in [5.41, 5.74) is 0.778. The number of aromatic amines is 1. The second-order valence-corrected chi connectivity index (χ2v) is 6.08. The van der Waals surface area contributed by atoms with Gasteiger partial charge in [0, 0.05) is 13.1 Å². The standard InChI is InChI=1S/C15H24N6/c1-3-16-15-19-13(12-9-18-21-14(12)20-15)17-8-11-6-4-5-10(2)7-11/h9-11H,3-8H2,1-2H3,(H3,16,17,18,19,20,21). The predicted molar refractivity (Wildman–Crippen MR) is 85.5 cm³/mol. The number of rotatable bonds is 5. The van der Waals surface area contributed by atoms with E-state index in [4.69, 9.17) is 0 Å². The van der Waals surface area contributed by atoms with Crippen molar-refractivity contribution in [1.29, 1.82) is 0 Å². The highest BCUT2D eigenvalue weighted by atomic mass is 15.2. The highest BCUT2D eigenvalue weighted by molar-refractivity contribution is 5.86.